The molecule has 7 rings (SSSR count). The maximum atomic E-state index is 2.31. The zero-order valence-corrected chi connectivity index (χ0v) is 23.5. The fourth-order valence-electron chi connectivity index (χ4n) is 5.36. The monoisotopic (exact) mass is 546 g/mol. The molecule has 190 valence electrons. The van der Waals surface area contributed by atoms with Crippen molar-refractivity contribution in [3.8, 4) is 65.4 Å². The fourth-order valence-corrected chi connectivity index (χ4v) is 7.57. The molecule has 2 heteroatoms. The topological polar surface area (TPSA) is 0 Å². The Bertz CT molecular complexity index is 1710. The lowest BCUT2D eigenvalue weighted by Gasteiger charge is -2.11. The molecule has 0 saturated heterocycles. The van der Waals surface area contributed by atoms with Gasteiger partial charge >= 0.3 is 0 Å². The summed E-state index contributed by atoms with van der Waals surface area (Å²) < 4.78 is 0. The fraction of sp³-hybridized carbons (Fsp3) is 0. The van der Waals surface area contributed by atoms with Crippen molar-refractivity contribution in [2.24, 2.45) is 0 Å². The van der Waals surface area contributed by atoms with Gasteiger partial charge in [0.15, 0.2) is 0 Å². The zero-order chi connectivity index (χ0) is 26.7. The van der Waals surface area contributed by atoms with Gasteiger partial charge in [0.25, 0.3) is 0 Å². The third-order valence-electron chi connectivity index (χ3n) is 7.29. The van der Waals surface area contributed by atoms with Crippen LogP contribution in [0.3, 0.4) is 0 Å². The molecule has 0 aliphatic carbocycles. The predicted molar refractivity (Wildman–Crippen MR) is 175 cm³/mol. The molecular weight excluding hydrogens is 521 g/mol. The van der Waals surface area contributed by atoms with Crippen LogP contribution in [0.1, 0.15) is 0 Å². The highest BCUT2D eigenvalue weighted by Gasteiger charge is 2.19. The maximum absolute atomic E-state index is 2.31. The SMILES string of the molecule is c1ccc(-c2csc(-c3ccc(-c4scc(-c5ccccc5)c4-c4ccccc4)cc3)c2-c2ccccc2)cc1. The lowest BCUT2D eigenvalue weighted by atomic mass is 9.93. The van der Waals surface area contributed by atoms with Gasteiger partial charge in [-0.05, 0) is 44.1 Å². The lowest BCUT2D eigenvalue weighted by molar-refractivity contribution is 1.61. The first kappa shape index (κ1) is 24.5. The molecular formula is C38H26S2. The van der Waals surface area contributed by atoms with E-state index in [2.05, 4.69) is 156 Å². The van der Waals surface area contributed by atoms with E-state index < -0.39 is 0 Å². The maximum Gasteiger partial charge on any atom is 0.0427 e. The van der Waals surface area contributed by atoms with Gasteiger partial charge in [0.05, 0.1) is 0 Å². The highest BCUT2D eigenvalue weighted by atomic mass is 32.1. The Labute approximate surface area is 243 Å². The third-order valence-corrected chi connectivity index (χ3v) is 9.34. The average Bonchev–Trinajstić information content (AvgIpc) is 3.69. The molecule has 0 amide bonds. The lowest BCUT2D eigenvalue weighted by Crippen LogP contribution is -1.85. The Hall–Kier alpha value is -4.50. The van der Waals surface area contributed by atoms with E-state index in [9.17, 15) is 0 Å². The van der Waals surface area contributed by atoms with Gasteiger partial charge < -0.3 is 0 Å². The van der Waals surface area contributed by atoms with Crippen LogP contribution in [0.4, 0.5) is 0 Å². The van der Waals surface area contributed by atoms with Crippen molar-refractivity contribution in [2.75, 3.05) is 0 Å². The summed E-state index contributed by atoms with van der Waals surface area (Å²) in [6.07, 6.45) is 0. The van der Waals surface area contributed by atoms with E-state index in [-0.39, 0.29) is 0 Å². The standard InChI is InChI=1S/C38H26S2/c1-5-13-27(14-6-1)33-25-39-37(35(33)29-17-9-3-10-18-29)31-21-23-32(24-22-31)38-36(30-19-11-4-12-20-30)34(26-40-38)28-15-7-2-8-16-28/h1-26H. The molecule has 0 bridgehead atoms. The van der Waals surface area contributed by atoms with Gasteiger partial charge in [-0.15, -0.1) is 22.7 Å². The first-order chi connectivity index (χ1) is 19.9. The van der Waals surface area contributed by atoms with Crippen molar-refractivity contribution in [2.45, 2.75) is 0 Å². The molecule has 0 atom stereocenters. The molecule has 0 N–H and O–H groups in total. The molecule has 0 spiro atoms. The Morgan fingerprint density at radius 2 is 0.575 bits per heavy atom. The van der Waals surface area contributed by atoms with Crippen molar-refractivity contribution in [3.05, 3.63) is 156 Å². The van der Waals surface area contributed by atoms with E-state index in [1.54, 1.807) is 0 Å². The van der Waals surface area contributed by atoms with Crippen molar-refractivity contribution in [1.82, 2.24) is 0 Å². The Morgan fingerprint density at radius 1 is 0.275 bits per heavy atom. The van der Waals surface area contributed by atoms with Gasteiger partial charge in [-0.2, -0.15) is 0 Å². The summed E-state index contributed by atoms with van der Waals surface area (Å²) >= 11 is 3.65. The molecule has 0 aliphatic rings. The average molecular weight is 547 g/mol. The van der Waals surface area contributed by atoms with E-state index in [1.807, 2.05) is 22.7 Å². The largest absolute Gasteiger partial charge is 0.142 e. The summed E-state index contributed by atoms with van der Waals surface area (Å²) in [6.45, 7) is 0. The zero-order valence-electron chi connectivity index (χ0n) is 21.8. The Balaban J connectivity index is 1.33. The minimum atomic E-state index is 1.25. The van der Waals surface area contributed by atoms with Gasteiger partial charge in [-0.3, -0.25) is 0 Å². The summed E-state index contributed by atoms with van der Waals surface area (Å²) in [4.78, 5) is 2.60. The van der Waals surface area contributed by atoms with Crippen LogP contribution in [-0.2, 0) is 0 Å². The van der Waals surface area contributed by atoms with Crippen molar-refractivity contribution >= 4 is 22.7 Å². The second-order valence-corrected chi connectivity index (χ2v) is 11.5. The highest BCUT2D eigenvalue weighted by molar-refractivity contribution is 7.15. The van der Waals surface area contributed by atoms with Crippen LogP contribution in [0.15, 0.2) is 156 Å². The summed E-state index contributed by atoms with van der Waals surface area (Å²) in [5, 5.41) is 4.61. The molecule has 2 aromatic heterocycles. The quantitative estimate of drug-likeness (QED) is 0.195. The molecule has 0 saturated carbocycles. The number of thiophene rings is 2. The van der Waals surface area contributed by atoms with Crippen LogP contribution in [0, 0.1) is 0 Å². The van der Waals surface area contributed by atoms with E-state index in [1.165, 1.54) is 65.4 Å². The molecule has 0 unspecified atom stereocenters. The molecule has 2 heterocycles. The van der Waals surface area contributed by atoms with Crippen LogP contribution in [0.25, 0.3) is 65.4 Å². The Morgan fingerprint density at radius 3 is 0.900 bits per heavy atom. The van der Waals surface area contributed by atoms with Gasteiger partial charge in [0.1, 0.15) is 0 Å². The van der Waals surface area contributed by atoms with E-state index >= 15 is 0 Å². The normalized spacial score (nSPS) is 11.0. The first-order valence-electron chi connectivity index (χ1n) is 13.4. The minimum Gasteiger partial charge on any atom is -0.142 e. The molecule has 5 aromatic carbocycles. The second-order valence-electron chi connectivity index (χ2n) is 9.75. The van der Waals surface area contributed by atoms with Crippen LogP contribution in [0.2, 0.25) is 0 Å². The smallest absolute Gasteiger partial charge is 0.0427 e. The summed E-state index contributed by atoms with van der Waals surface area (Å²) in [5.74, 6) is 0. The summed E-state index contributed by atoms with van der Waals surface area (Å²) in [5.41, 5.74) is 12.7. The van der Waals surface area contributed by atoms with Crippen LogP contribution in [-0.4, -0.2) is 0 Å². The van der Waals surface area contributed by atoms with Crippen LogP contribution in [0.5, 0.6) is 0 Å². The Kier molecular flexibility index (Phi) is 6.71. The van der Waals surface area contributed by atoms with Gasteiger partial charge in [-0.25, -0.2) is 0 Å². The highest BCUT2D eigenvalue weighted by Crippen LogP contribution is 2.47. The molecule has 7 aromatic rings. The van der Waals surface area contributed by atoms with Crippen LogP contribution >= 0.6 is 22.7 Å². The number of benzene rings is 5. The van der Waals surface area contributed by atoms with Gasteiger partial charge in [-0.1, -0.05) is 146 Å². The molecule has 0 radical (unpaired) electrons. The molecule has 40 heavy (non-hydrogen) atoms. The molecule has 0 fully saturated rings. The summed E-state index contributed by atoms with van der Waals surface area (Å²) in [7, 11) is 0. The number of hydrogen-bond donors (Lipinski definition) is 0. The summed E-state index contributed by atoms with van der Waals surface area (Å²) in [6, 6.07) is 52.1. The molecule has 0 aliphatic heterocycles. The van der Waals surface area contributed by atoms with Gasteiger partial charge in [0, 0.05) is 32.0 Å². The van der Waals surface area contributed by atoms with E-state index in [0.717, 1.165) is 0 Å². The van der Waals surface area contributed by atoms with Crippen molar-refractivity contribution < 1.29 is 0 Å². The number of hydrogen-bond acceptors (Lipinski definition) is 2. The number of rotatable bonds is 6. The van der Waals surface area contributed by atoms with Crippen LogP contribution < -0.4 is 0 Å². The van der Waals surface area contributed by atoms with E-state index in [4.69, 9.17) is 0 Å². The minimum absolute atomic E-state index is 1.25. The first-order valence-corrected chi connectivity index (χ1v) is 15.2. The predicted octanol–water partition coefficient (Wildman–Crippen LogP) is 11.8. The second kappa shape index (κ2) is 10.9. The van der Waals surface area contributed by atoms with Gasteiger partial charge in [0.2, 0.25) is 0 Å². The third kappa shape index (κ3) is 4.62. The molecule has 0 nitrogen and oxygen atoms in total. The van der Waals surface area contributed by atoms with Crippen molar-refractivity contribution in [1.29, 1.82) is 0 Å². The van der Waals surface area contributed by atoms with E-state index in [0.29, 0.717) is 0 Å². The van der Waals surface area contributed by atoms with Crippen molar-refractivity contribution in [3.63, 3.8) is 0 Å².